The van der Waals surface area contributed by atoms with Crippen LogP contribution in [0.4, 0.5) is 15.6 Å². The van der Waals surface area contributed by atoms with Gasteiger partial charge in [0, 0.05) is 12.6 Å². The predicted octanol–water partition coefficient (Wildman–Crippen LogP) is 2.43. The maximum Gasteiger partial charge on any atom is 0.413 e. The number of carbonyl (C=O) groups excluding carboxylic acids is 2. The number of amides is 2. The number of methoxy groups -OCH3 is 1. The van der Waals surface area contributed by atoms with E-state index >= 15 is 0 Å². The van der Waals surface area contributed by atoms with Gasteiger partial charge < -0.3 is 10.1 Å². The monoisotopic (exact) mass is 265 g/mol. The van der Waals surface area contributed by atoms with Gasteiger partial charge in [0.05, 0.1) is 17.3 Å². The predicted molar refractivity (Wildman–Crippen MR) is 70.0 cm³/mol. The number of hydrogen-bond acceptors (Lipinski definition) is 5. The molecular formula is C11H11N3O3S. The van der Waals surface area contributed by atoms with E-state index in [0.29, 0.717) is 10.8 Å². The van der Waals surface area contributed by atoms with Crippen LogP contribution in [0.15, 0.2) is 18.2 Å². The van der Waals surface area contributed by atoms with Crippen LogP contribution in [0.3, 0.4) is 0 Å². The number of nitrogens with one attached hydrogen (secondary N) is 2. The van der Waals surface area contributed by atoms with Crippen molar-refractivity contribution in [1.29, 1.82) is 0 Å². The van der Waals surface area contributed by atoms with E-state index in [1.54, 1.807) is 18.2 Å². The van der Waals surface area contributed by atoms with Crippen LogP contribution in [0.2, 0.25) is 0 Å². The molecule has 2 rings (SSSR count). The molecule has 6 nitrogen and oxygen atoms in total. The smallest absolute Gasteiger partial charge is 0.413 e. The summed E-state index contributed by atoms with van der Waals surface area (Å²) >= 11 is 1.31. The summed E-state index contributed by atoms with van der Waals surface area (Å²) in [5.41, 5.74) is 1.45. The molecule has 0 fully saturated rings. The molecule has 0 aliphatic rings. The van der Waals surface area contributed by atoms with Gasteiger partial charge in [0.2, 0.25) is 5.91 Å². The Balaban J connectivity index is 2.27. The van der Waals surface area contributed by atoms with Gasteiger partial charge in [0.15, 0.2) is 5.13 Å². The first kappa shape index (κ1) is 12.3. The molecule has 0 atom stereocenters. The summed E-state index contributed by atoms with van der Waals surface area (Å²) in [6.45, 7) is 1.45. The second kappa shape index (κ2) is 5.01. The van der Waals surface area contributed by atoms with Crippen molar-refractivity contribution in [1.82, 2.24) is 4.98 Å². The van der Waals surface area contributed by atoms with E-state index in [4.69, 9.17) is 0 Å². The largest absolute Gasteiger partial charge is 0.453 e. The highest BCUT2D eigenvalue weighted by Crippen LogP contribution is 2.28. The molecule has 0 saturated heterocycles. The number of benzene rings is 1. The van der Waals surface area contributed by atoms with Gasteiger partial charge in [-0.1, -0.05) is 11.3 Å². The Hall–Kier alpha value is -2.15. The number of nitrogens with zero attached hydrogens (tertiary/aromatic N) is 1. The molecule has 2 aromatic rings. The first-order chi connectivity index (χ1) is 8.58. The lowest BCUT2D eigenvalue weighted by molar-refractivity contribution is -0.114. The zero-order valence-electron chi connectivity index (χ0n) is 9.81. The van der Waals surface area contributed by atoms with Gasteiger partial charge in [-0.25, -0.2) is 9.78 Å². The van der Waals surface area contributed by atoms with Crippen LogP contribution < -0.4 is 10.6 Å². The lowest BCUT2D eigenvalue weighted by Crippen LogP contribution is -2.10. The minimum atomic E-state index is -0.559. The maximum atomic E-state index is 11.0. The summed E-state index contributed by atoms with van der Waals surface area (Å²) in [4.78, 5) is 26.2. The Morgan fingerprint density at radius 3 is 2.78 bits per heavy atom. The van der Waals surface area contributed by atoms with E-state index in [0.717, 1.165) is 10.2 Å². The Kier molecular flexibility index (Phi) is 3.42. The van der Waals surface area contributed by atoms with E-state index in [1.165, 1.54) is 25.4 Å². The summed E-state index contributed by atoms with van der Waals surface area (Å²) in [6, 6.07) is 5.34. The fourth-order valence-corrected chi connectivity index (χ4v) is 2.29. The average molecular weight is 265 g/mol. The van der Waals surface area contributed by atoms with Gasteiger partial charge in [0.25, 0.3) is 0 Å². The number of hydrogen-bond donors (Lipinski definition) is 2. The third kappa shape index (κ3) is 2.75. The summed E-state index contributed by atoms with van der Waals surface area (Å²) in [7, 11) is 1.29. The molecule has 1 aromatic heterocycles. The number of carbonyl (C=O) groups is 2. The molecule has 18 heavy (non-hydrogen) atoms. The van der Waals surface area contributed by atoms with Gasteiger partial charge >= 0.3 is 6.09 Å². The summed E-state index contributed by atoms with van der Waals surface area (Å²) in [5, 5.41) is 5.64. The van der Waals surface area contributed by atoms with E-state index in [-0.39, 0.29) is 5.91 Å². The molecule has 2 amide bonds. The van der Waals surface area contributed by atoms with Crippen molar-refractivity contribution in [3.63, 3.8) is 0 Å². The van der Waals surface area contributed by atoms with Crippen molar-refractivity contribution < 1.29 is 14.3 Å². The zero-order valence-corrected chi connectivity index (χ0v) is 10.6. The minimum Gasteiger partial charge on any atom is -0.453 e. The Labute approximate surface area is 107 Å². The highest BCUT2D eigenvalue weighted by atomic mass is 32.1. The van der Waals surface area contributed by atoms with Gasteiger partial charge in [-0.3, -0.25) is 10.1 Å². The highest BCUT2D eigenvalue weighted by Gasteiger charge is 2.08. The Morgan fingerprint density at radius 2 is 2.11 bits per heavy atom. The molecular weight excluding hydrogens is 254 g/mol. The van der Waals surface area contributed by atoms with Crippen molar-refractivity contribution in [3.8, 4) is 0 Å². The van der Waals surface area contributed by atoms with E-state index in [2.05, 4.69) is 20.4 Å². The fourth-order valence-electron chi connectivity index (χ4n) is 1.40. The van der Waals surface area contributed by atoms with Crippen LogP contribution in [-0.4, -0.2) is 24.1 Å². The summed E-state index contributed by atoms with van der Waals surface area (Å²) in [6.07, 6.45) is -0.559. The normalized spacial score (nSPS) is 10.1. The van der Waals surface area contributed by atoms with Gasteiger partial charge in [-0.05, 0) is 18.2 Å². The van der Waals surface area contributed by atoms with Crippen LogP contribution in [-0.2, 0) is 9.53 Å². The van der Waals surface area contributed by atoms with Crippen LogP contribution >= 0.6 is 11.3 Å². The average Bonchev–Trinajstić information content (AvgIpc) is 2.69. The van der Waals surface area contributed by atoms with Crippen molar-refractivity contribution in [3.05, 3.63) is 18.2 Å². The SMILES string of the molecule is COC(=O)Nc1nc2ccc(NC(C)=O)cc2s1. The molecule has 1 aromatic carbocycles. The third-order valence-electron chi connectivity index (χ3n) is 2.10. The highest BCUT2D eigenvalue weighted by molar-refractivity contribution is 7.22. The second-order valence-electron chi connectivity index (χ2n) is 3.50. The van der Waals surface area contributed by atoms with Crippen LogP contribution in [0.1, 0.15) is 6.92 Å². The number of anilines is 2. The molecule has 0 aliphatic heterocycles. The molecule has 0 aliphatic carbocycles. The molecule has 0 spiro atoms. The zero-order chi connectivity index (χ0) is 13.1. The topological polar surface area (TPSA) is 80.3 Å². The van der Waals surface area contributed by atoms with Crippen molar-refractivity contribution in [2.24, 2.45) is 0 Å². The summed E-state index contributed by atoms with van der Waals surface area (Å²) in [5.74, 6) is -0.133. The number of thiazole rings is 1. The van der Waals surface area contributed by atoms with Crippen LogP contribution in [0.5, 0.6) is 0 Å². The van der Waals surface area contributed by atoms with Gasteiger partial charge in [-0.15, -0.1) is 0 Å². The molecule has 0 radical (unpaired) electrons. The Bertz CT molecular complexity index is 609. The fraction of sp³-hybridized carbons (Fsp3) is 0.182. The van der Waals surface area contributed by atoms with Crippen LogP contribution in [0, 0.1) is 0 Å². The van der Waals surface area contributed by atoms with E-state index < -0.39 is 6.09 Å². The van der Waals surface area contributed by atoms with E-state index in [1.807, 2.05) is 0 Å². The number of rotatable bonds is 2. The molecule has 94 valence electrons. The van der Waals surface area contributed by atoms with Gasteiger partial charge in [-0.2, -0.15) is 0 Å². The van der Waals surface area contributed by atoms with E-state index in [9.17, 15) is 9.59 Å². The molecule has 1 heterocycles. The number of aromatic nitrogens is 1. The van der Waals surface area contributed by atoms with Gasteiger partial charge in [0.1, 0.15) is 0 Å². The molecule has 7 heteroatoms. The molecule has 2 N–H and O–H groups in total. The first-order valence-corrected chi connectivity index (χ1v) is 5.93. The molecule has 0 saturated carbocycles. The summed E-state index contributed by atoms with van der Waals surface area (Å²) < 4.78 is 5.35. The Morgan fingerprint density at radius 1 is 1.33 bits per heavy atom. The maximum absolute atomic E-state index is 11.0. The minimum absolute atomic E-state index is 0.133. The lowest BCUT2D eigenvalue weighted by Gasteiger charge is -1.99. The lowest BCUT2D eigenvalue weighted by atomic mass is 10.3. The second-order valence-corrected chi connectivity index (χ2v) is 4.53. The number of fused-ring (bicyclic) bond motifs is 1. The molecule has 0 unspecified atom stereocenters. The van der Waals surface area contributed by atoms with Crippen LogP contribution in [0.25, 0.3) is 10.2 Å². The standard InChI is InChI=1S/C11H11N3O3S/c1-6(15)12-7-3-4-8-9(5-7)18-10(13-8)14-11(16)17-2/h3-5H,1-2H3,(H,12,15)(H,13,14,16). The molecule has 0 bridgehead atoms. The third-order valence-corrected chi connectivity index (χ3v) is 3.04. The quantitative estimate of drug-likeness (QED) is 0.873. The van der Waals surface area contributed by atoms with Crippen molar-refractivity contribution >= 4 is 44.4 Å². The van der Waals surface area contributed by atoms with Crippen molar-refractivity contribution in [2.75, 3.05) is 17.7 Å². The van der Waals surface area contributed by atoms with Crippen molar-refractivity contribution in [2.45, 2.75) is 6.92 Å². The first-order valence-electron chi connectivity index (χ1n) is 5.11. The number of ether oxygens (including phenoxy) is 1.